The van der Waals surface area contributed by atoms with E-state index < -0.39 is 0 Å². The molecule has 2 heterocycles. The Kier molecular flexibility index (Phi) is 5.47. The van der Waals surface area contributed by atoms with Crippen molar-refractivity contribution in [2.45, 2.75) is 19.8 Å². The lowest BCUT2D eigenvalue weighted by molar-refractivity contribution is 0.320. The zero-order chi connectivity index (χ0) is 20.2. The van der Waals surface area contributed by atoms with Gasteiger partial charge in [0.1, 0.15) is 11.3 Å². The highest BCUT2D eigenvalue weighted by molar-refractivity contribution is 5.89. The van der Waals surface area contributed by atoms with Gasteiger partial charge in [0.2, 0.25) is 0 Å². The molecule has 4 aromatic rings. The fraction of sp³-hybridized carbons (Fsp3) is 0.250. The molecule has 2 aromatic carbocycles. The molecule has 2 aromatic heterocycles. The standard InChI is InChI=1S/C24H24N2O3/c1-4-10-29-21-7-5-6-16-8-9-19(26-24(16)21)11-17-14-25-15-18-12-22(27-2)23(28-3)13-20(17)18/h5-9,12-15H,4,10-11H2,1-3H3. The third-order valence-corrected chi connectivity index (χ3v) is 4.92. The van der Waals surface area contributed by atoms with Crippen LogP contribution in [-0.2, 0) is 6.42 Å². The van der Waals surface area contributed by atoms with Crippen LogP contribution in [0.3, 0.4) is 0 Å². The van der Waals surface area contributed by atoms with Gasteiger partial charge in [-0.15, -0.1) is 0 Å². The van der Waals surface area contributed by atoms with Gasteiger partial charge >= 0.3 is 0 Å². The number of hydrogen-bond acceptors (Lipinski definition) is 5. The lowest BCUT2D eigenvalue weighted by Crippen LogP contribution is -1.99. The highest BCUT2D eigenvalue weighted by Crippen LogP contribution is 2.34. The Labute approximate surface area is 170 Å². The maximum absolute atomic E-state index is 5.89. The first kappa shape index (κ1) is 19.0. The number of nitrogens with zero attached hydrogens (tertiary/aromatic N) is 2. The first-order valence-electron chi connectivity index (χ1n) is 9.73. The number of ether oxygens (including phenoxy) is 3. The molecule has 0 amide bonds. The molecule has 5 nitrogen and oxygen atoms in total. The number of benzene rings is 2. The SMILES string of the molecule is CCCOc1cccc2ccc(Cc3cncc4cc(OC)c(OC)cc34)nc12. The quantitative estimate of drug-likeness (QED) is 0.437. The second-order valence-corrected chi connectivity index (χ2v) is 6.88. The van der Waals surface area contributed by atoms with Crippen molar-refractivity contribution in [1.82, 2.24) is 9.97 Å². The van der Waals surface area contributed by atoms with Gasteiger partial charge in [0.05, 0.1) is 20.8 Å². The minimum atomic E-state index is 0.665. The van der Waals surface area contributed by atoms with E-state index in [9.17, 15) is 0 Å². The van der Waals surface area contributed by atoms with Crippen molar-refractivity contribution >= 4 is 21.7 Å². The summed E-state index contributed by atoms with van der Waals surface area (Å²) in [6.07, 6.45) is 5.35. The number of aromatic nitrogens is 2. The normalized spacial score (nSPS) is 11.0. The summed E-state index contributed by atoms with van der Waals surface area (Å²) in [4.78, 5) is 9.31. The van der Waals surface area contributed by atoms with E-state index in [1.54, 1.807) is 14.2 Å². The molecule has 5 heteroatoms. The molecule has 29 heavy (non-hydrogen) atoms. The largest absolute Gasteiger partial charge is 0.493 e. The number of rotatable bonds is 7. The fourth-order valence-corrected chi connectivity index (χ4v) is 3.48. The minimum Gasteiger partial charge on any atom is -0.493 e. The summed E-state index contributed by atoms with van der Waals surface area (Å²) in [6, 6.07) is 14.2. The zero-order valence-electron chi connectivity index (χ0n) is 16.9. The summed E-state index contributed by atoms with van der Waals surface area (Å²) in [6.45, 7) is 2.78. The van der Waals surface area contributed by atoms with Gasteiger partial charge < -0.3 is 14.2 Å². The molecule has 0 spiro atoms. The summed E-state index contributed by atoms with van der Waals surface area (Å²) >= 11 is 0. The molecule has 0 N–H and O–H groups in total. The first-order valence-corrected chi connectivity index (χ1v) is 9.73. The Morgan fingerprint density at radius 3 is 2.48 bits per heavy atom. The lowest BCUT2D eigenvalue weighted by Gasteiger charge is -2.12. The molecule has 0 aliphatic rings. The fourth-order valence-electron chi connectivity index (χ4n) is 3.48. The molecule has 0 fully saturated rings. The summed E-state index contributed by atoms with van der Waals surface area (Å²) < 4.78 is 16.8. The Morgan fingerprint density at radius 1 is 0.862 bits per heavy atom. The molecule has 0 saturated carbocycles. The van der Waals surface area contributed by atoms with Crippen LogP contribution in [0, 0.1) is 0 Å². The molecule has 0 aliphatic heterocycles. The molecule has 0 radical (unpaired) electrons. The highest BCUT2D eigenvalue weighted by Gasteiger charge is 2.11. The summed E-state index contributed by atoms with van der Waals surface area (Å²) in [5.74, 6) is 2.23. The highest BCUT2D eigenvalue weighted by atomic mass is 16.5. The molecule has 0 aliphatic carbocycles. The van der Waals surface area contributed by atoms with Crippen molar-refractivity contribution in [3.05, 3.63) is 66.1 Å². The number of pyridine rings is 2. The smallest absolute Gasteiger partial charge is 0.161 e. The second-order valence-electron chi connectivity index (χ2n) is 6.88. The molecule has 4 rings (SSSR count). The van der Waals surface area contributed by atoms with Crippen LogP contribution in [0.25, 0.3) is 21.7 Å². The van der Waals surface area contributed by atoms with Gasteiger partial charge in [-0.05, 0) is 41.6 Å². The summed E-state index contributed by atoms with van der Waals surface area (Å²) in [5, 5.41) is 3.16. The average Bonchev–Trinajstić information content (AvgIpc) is 2.77. The van der Waals surface area contributed by atoms with Crippen LogP contribution < -0.4 is 14.2 Å². The monoisotopic (exact) mass is 388 g/mol. The number of hydrogen-bond donors (Lipinski definition) is 0. The van der Waals surface area contributed by atoms with Gasteiger partial charge in [-0.3, -0.25) is 4.98 Å². The predicted molar refractivity (Wildman–Crippen MR) is 115 cm³/mol. The van der Waals surface area contributed by atoms with Crippen molar-refractivity contribution in [3.63, 3.8) is 0 Å². The Hall–Kier alpha value is -3.34. The van der Waals surface area contributed by atoms with Gasteiger partial charge in [0, 0.05) is 35.3 Å². The molecule has 148 valence electrons. The van der Waals surface area contributed by atoms with Crippen LogP contribution in [0.2, 0.25) is 0 Å². The summed E-state index contributed by atoms with van der Waals surface area (Å²) in [5.41, 5.74) is 2.95. The van der Waals surface area contributed by atoms with E-state index in [0.717, 1.165) is 45.1 Å². The maximum atomic E-state index is 5.89. The van der Waals surface area contributed by atoms with Crippen molar-refractivity contribution in [2.75, 3.05) is 20.8 Å². The first-order chi connectivity index (χ1) is 14.2. The van der Waals surface area contributed by atoms with Crippen LogP contribution in [0.5, 0.6) is 17.2 Å². The third-order valence-electron chi connectivity index (χ3n) is 4.92. The predicted octanol–water partition coefficient (Wildman–Crippen LogP) is 5.18. The van der Waals surface area contributed by atoms with E-state index in [0.29, 0.717) is 24.5 Å². The number of para-hydroxylation sites is 1. The Balaban J connectivity index is 1.75. The maximum Gasteiger partial charge on any atom is 0.161 e. The van der Waals surface area contributed by atoms with E-state index in [2.05, 4.69) is 30.1 Å². The minimum absolute atomic E-state index is 0.665. The zero-order valence-corrected chi connectivity index (χ0v) is 16.9. The van der Waals surface area contributed by atoms with Crippen molar-refractivity contribution in [3.8, 4) is 17.2 Å². The van der Waals surface area contributed by atoms with E-state index >= 15 is 0 Å². The van der Waals surface area contributed by atoms with Crippen LogP contribution in [0.1, 0.15) is 24.6 Å². The molecular weight excluding hydrogens is 364 g/mol. The van der Waals surface area contributed by atoms with E-state index in [4.69, 9.17) is 19.2 Å². The lowest BCUT2D eigenvalue weighted by atomic mass is 10.0. The third kappa shape index (κ3) is 3.81. The molecule has 0 atom stereocenters. The molecular formula is C24H24N2O3. The topological polar surface area (TPSA) is 53.5 Å². The molecule has 0 bridgehead atoms. The van der Waals surface area contributed by atoms with Crippen molar-refractivity contribution < 1.29 is 14.2 Å². The van der Waals surface area contributed by atoms with Crippen molar-refractivity contribution in [2.24, 2.45) is 0 Å². The molecule has 0 unspecified atom stereocenters. The van der Waals surface area contributed by atoms with Gasteiger partial charge in [0.15, 0.2) is 11.5 Å². The average molecular weight is 388 g/mol. The van der Waals surface area contributed by atoms with E-state index in [1.807, 2.05) is 36.7 Å². The molecule has 0 saturated heterocycles. The summed E-state index contributed by atoms with van der Waals surface area (Å²) in [7, 11) is 3.28. The van der Waals surface area contributed by atoms with Crippen LogP contribution >= 0.6 is 0 Å². The van der Waals surface area contributed by atoms with E-state index in [-0.39, 0.29) is 0 Å². The van der Waals surface area contributed by atoms with Gasteiger partial charge in [-0.25, -0.2) is 4.98 Å². The Bertz CT molecular complexity index is 1160. The van der Waals surface area contributed by atoms with Crippen molar-refractivity contribution in [1.29, 1.82) is 0 Å². The van der Waals surface area contributed by atoms with Crippen LogP contribution in [0.15, 0.2) is 54.9 Å². The van der Waals surface area contributed by atoms with Gasteiger partial charge in [0.25, 0.3) is 0 Å². The van der Waals surface area contributed by atoms with Crippen LogP contribution in [0.4, 0.5) is 0 Å². The number of fused-ring (bicyclic) bond motifs is 2. The second kappa shape index (κ2) is 8.35. The number of methoxy groups -OCH3 is 2. The van der Waals surface area contributed by atoms with Crippen LogP contribution in [-0.4, -0.2) is 30.8 Å². The van der Waals surface area contributed by atoms with Gasteiger partial charge in [-0.1, -0.05) is 25.1 Å². The Morgan fingerprint density at radius 2 is 1.69 bits per heavy atom. The van der Waals surface area contributed by atoms with Gasteiger partial charge in [-0.2, -0.15) is 0 Å². The van der Waals surface area contributed by atoms with E-state index in [1.165, 1.54) is 0 Å².